The van der Waals surface area contributed by atoms with Crippen LogP contribution in [0.25, 0.3) is 11.0 Å². The number of aromatic amines is 1. The molecule has 30 heavy (non-hydrogen) atoms. The molecule has 7 heteroatoms. The fraction of sp³-hybridized carbons (Fsp3) is 0.174. The van der Waals surface area contributed by atoms with E-state index in [9.17, 15) is 4.39 Å². The maximum absolute atomic E-state index is 13.1. The molecule has 0 fully saturated rings. The van der Waals surface area contributed by atoms with E-state index in [1.807, 2.05) is 36.4 Å². The van der Waals surface area contributed by atoms with Crippen molar-refractivity contribution in [2.75, 3.05) is 7.11 Å². The van der Waals surface area contributed by atoms with Crippen LogP contribution in [0, 0.1) is 5.82 Å². The van der Waals surface area contributed by atoms with Crippen LogP contribution >= 0.6 is 15.9 Å². The van der Waals surface area contributed by atoms with Crippen molar-refractivity contribution in [1.82, 2.24) is 15.3 Å². The first kappa shape index (κ1) is 20.4. The average molecular weight is 470 g/mol. The van der Waals surface area contributed by atoms with Crippen molar-refractivity contribution >= 4 is 27.0 Å². The van der Waals surface area contributed by atoms with Crippen LogP contribution in [-0.2, 0) is 19.7 Å². The Morgan fingerprint density at radius 3 is 2.60 bits per heavy atom. The summed E-state index contributed by atoms with van der Waals surface area (Å²) in [4.78, 5) is 7.90. The predicted molar refractivity (Wildman–Crippen MR) is 118 cm³/mol. The van der Waals surface area contributed by atoms with Crippen molar-refractivity contribution in [1.29, 1.82) is 0 Å². The molecule has 4 aromatic rings. The number of halogens is 2. The summed E-state index contributed by atoms with van der Waals surface area (Å²) in [6.45, 7) is 1.44. The zero-order valence-corrected chi connectivity index (χ0v) is 18.0. The Balaban J connectivity index is 1.48. The van der Waals surface area contributed by atoms with E-state index < -0.39 is 0 Å². The van der Waals surface area contributed by atoms with Gasteiger partial charge in [0.05, 0.1) is 24.7 Å². The molecule has 2 N–H and O–H groups in total. The predicted octanol–water partition coefficient (Wildman–Crippen LogP) is 5.34. The minimum absolute atomic E-state index is 0.269. The summed E-state index contributed by atoms with van der Waals surface area (Å²) in [5, 5.41) is 3.41. The third-order valence-electron chi connectivity index (χ3n) is 4.72. The number of benzene rings is 3. The second kappa shape index (κ2) is 9.28. The van der Waals surface area contributed by atoms with Gasteiger partial charge in [-0.05, 0) is 42.0 Å². The second-order valence-corrected chi connectivity index (χ2v) is 7.63. The number of ether oxygens (including phenoxy) is 2. The Hall–Kier alpha value is -2.90. The molecule has 0 spiro atoms. The number of imidazole rings is 1. The van der Waals surface area contributed by atoms with Crippen LogP contribution in [0.4, 0.5) is 4.39 Å². The largest absolute Gasteiger partial charge is 0.493 e. The highest BCUT2D eigenvalue weighted by molar-refractivity contribution is 9.10. The normalized spacial score (nSPS) is 11.0. The maximum Gasteiger partial charge on any atom is 0.167 e. The van der Waals surface area contributed by atoms with Crippen molar-refractivity contribution in [2.24, 2.45) is 0 Å². The van der Waals surface area contributed by atoms with Gasteiger partial charge >= 0.3 is 0 Å². The lowest BCUT2D eigenvalue weighted by atomic mass is 10.1. The van der Waals surface area contributed by atoms with Gasteiger partial charge in [-0.15, -0.1) is 0 Å². The van der Waals surface area contributed by atoms with E-state index >= 15 is 0 Å². The van der Waals surface area contributed by atoms with Crippen molar-refractivity contribution in [3.05, 3.63) is 87.9 Å². The summed E-state index contributed by atoms with van der Waals surface area (Å²) in [7, 11) is 1.61. The van der Waals surface area contributed by atoms with Gasteiger partial charge in [0.1, 0.15) is 18.2 Å². The molecule has 4 rings (SSSR count). The number of hydrogen-bond acceptors (Lipinski definition) is 4. The topological polar surface area (TPSA) is 59.2 Å². The second-order valence-electron chi connectivity index (χ2n) is 6.78. The number of methoxy groups -OCH3 is 1. The molecule has 0 saturated carbocycles. The Morgan fingerprint density at radius 1 is 1.03 bits per heavy atom. The summed E-state index contributed by atoms with van der Waals surface area (Å²) in [5.74, 6) is 1.88. The van der Waals surface area contributed by atoms with Crippen LogP contribution < -0.4 is 14.8 Å². The van der Waals surface area contributed by atoms with E-state index in [0.29, 0.717) is 31.2 Å². The number of para-hydroxylation sites is 2. The molecule has 0 bridgehead atoms. The molecule has 1 aromatic heterocycles. The molecule has 0 aliphatic carbocycles. The zero-order chi connectivity index (χ0) is 20.9. The molecular formula is C23H21BrFN3O2. The summed E-state index contributed by atoms with van der Waals surface area (Å²) in [6.07, 6.45) is 0. The van der Waals surface area contributed by atoms with Crippen LogP contribution in [0.2, 0.25) is 0 Å². The molecule has 0 aliphatic heterocycles. The van der Waals surface area contributed by atoms with Crippen molar-refractivity contribution in [2.45, 2.75) is 19.7 Å². The first-order valence-corrected chi connectivity index (χ1v) is 10.3. The number of hydrogen-bond donors (Lipinski definition) is 2. The smallest absolute Gasteiger partial charge is 0.167 e. The molecule has 0 radical (unpaired) electrons. The van der Waals surface area contributed by atoms with Gasteiger partial charge in [-0.3, -0.25) is 0 Å². The highest BCUT2D eigenvalue weighted by Crippen LogP contribution is 2.36. The van der Waals surface area contributed by atoms with Gasteiger partial charge in [0, 0.05) is 16.6 Å². The maximum atomic E-state index is 13.1. The van der Waals surface area contributed by atoms with Gasteiger partial charge in [-0.2, -0.15) is 0 Å². The quantitative estimate of drug-likeness (QED) is 0.365. The minimum atomic E-state index is -0.269. The lowest BCUT2D eigenvalue weighted by molar-refractivity contribution is 0.280. The van der Waals surface area contributed by atoms with Gasteiger partial charge in [0.15, 0.2) is 11.5 Å². The van der Waals surface area contributed by atoms with Gasteiger partial charge < -0.3 is 19.8 Å². The van der Waals surface area contributed by atoms with Crippen LogP contribution in [0.5, 0.6) is 11.5 Å². The number of H-pyrrole nitrogens is 1. The first-order chi connectivity index (χ1) is 14.6. The summed E-state index contributed by atoms with van der Waals surface area (Å²) in [6, 6.07) is 18.0. The van der Waals surface area contributed by atoms with Gasteiger partial charge in [0.2, 0.25) is 0 Å². The standard InChI is InChI=1S/C23H21BrFN3O2/c1-29-21-11-10-18(24)17(23(21)30-14-15-6-8-16(25)9-7-15)12-26-13-22-27-19-4-2-3-5-20(19)28-22/h2-11,26H,12-14H2,1H3,(H,27,28). The number of nitrogens with one attached hydrogen (secondary N) is 2. The van der Waals surface area contributed by atoms with Crippen LogP contribution in [-0.4, -0.2) is 17.1 Å². The lowest BCUT2D eigenvalue weighted by Crippen LogP contribution is -2.15. The fourth-order valence-electron chi connectivity index (χ4n) is 3.20. The van der Waals surface area contributed by atoms with Gasteiger partial charge in [0.25, 0.3) is 0 Å². The van der Waals surface area contributed by atoms with Gasteiger partial charge in [-0.25, -0.2) is 9.37 Å². The molecular weight excluding hydrogens is 449 g/mol. The summed E-state index contributed by atoms with van der Waals surface area (Å²) < 4.78 is 25.6. The Labute approximate surface area is 182 Å². The van der Waals surface area contributed by atoms with E-state index in [0.717, 1.165) is 32.5 Å². The highest BCUT2D eigenvalue weighted by atomic mass is 79.9. The number of rotatable bonds is 8. The van der Waals surface area contributed by atoms with Crippen LogP contribution in [0.15, 0.2) is 65.1 Å². The number of nitrogens with zero attached hydrogens (tertiary/aromatic N) is 1. The first-order valence-electron chi connectivity index (χ1n) is 9.51. The molecule has 0 atom stereocenters. The summed E-state index contributed by atoms with van der Waals surface area (Å²) >= 11 is 3.61. The number of aromatic nitrogens is 2. The van der Waals surface area contributed by atoms with Crippen LogP contribution in [0.3, 0.4) is 0 Å². The molecule has 5 nitrogen and oxygen atoms in total. The summed E-state index contributed by atoms with van der Waals surface area (Å²) in [5.41, 5.74) is 3.77. The third-order valence-corrected chi connectivity index (χ3v) is 5.46. The molecule has 0 unspecified atom stereocenters. The Kier molecular flexibility index (Phi) is 6.30. The van der Waals surface area contributed by atoms with E-state index in [1.54, 1.807) is 19.2 Å². The van der Waals surface area contributed by atoms with E-state index in [4.69, 9.17) is 9.47 Å². The SMILES string of the molecule is COc1ccc(Br)c(CNCc2nc3ccccc3[nH]2)c1OCc1ccc(F)cc1. The van der Waals surface area contributed by atoms with E-state index in [1.165, 1.54) is 12.1 Å². The lowest BCUT2D eigenvalue weighted by Gasteiger charge is -2.17. The Bertz CT molecular complexity index is 1110. The fourth-order valence-corrected chi connectivity index (χ4v) is 3.65. The minimum Gasteiger partial charge on any atom is -0.493 e. The molecule has 3 aromatic carbocycles. The monoisotopic (exact) mass is 469 g/mol. The van der Waals surface area contributed by atoms with Crippen LogP contribution in [0.1, 0.15) is 17.0 Å². The average Bonchev–Trinajstić information content (AvgIpc) is 3.17. The third kappa shape index (κ3) is 4.63. The molecule has 1 heterocycles. The number of fused-ring (bicyclic) bond motifs is 1. The molecule has 154 valence electrons. The van der Waals surface area contributed by atoms with E-state index in [-0.39, 0.29) is 5.82 Å². The van der Waals surface area contributed by atoms with Crippen molar-refractivity contribution in [3.8, 4) is 11.5 Å². The molecule has 0 amide bonds. The van der Waals surface area contributed by atoms with Crippen molar-refractivity contribution < 1.29 is 13.9 Å². The molecule has 0 saturated heterocycles. The van der Waals surface area contributed by atoms with Gasteiger partial charge in [-0.1, -0.05) is 40.2 Å². The highest BCUT2D eigenvalue weighted by Gasteiger charge is 2.15. The van der Waals surface area contributed by atoms with Crippen molar-refractivity contribution in [3.63, 3.8) is 0 Å². The van der Waals surface area contributed by atoms with E-state index in [2.05, 4.69) is 31.2 Å². The molecule has 0 aliphatic rings. The zero-order valence-electron chi connectivity index (χ0n) is 16.4. The Morgan fingerprint density at radius 2 is 1.83 bits per heavy atom.